The quantitative estimate of drug-likeness (QED) is 0.629. The molecule has 0 atom stereocenters. The van der Waals surface area contributed by atoms with Crippen LogP contribution in [0.2, 0.25) is 0 Å². The molecule has 0 aromatic carbocycles. The van der Waals surface area contributed by atoms with Gasteiger partial charge < -0.3 is 10.6 Å². The van der Waals surface area contributed by atoms with E-state index in [-0.39, 0.29) is 0 Å². The maximum atomic E-state index is 5.89. The molecule has 1 aliphatic carbocycles. The first-order valence-electron chi connectivity index (χ1n) is 5.23. The molecule has 2 N–H and O–H groups in total. The van der Waals surface area contributed by atoms with E-state index in [1.807, 2.05) is 7.05 Å². The van der Waals surface area contributed by atoms with Crippen LogP contribution in [0.3, 0.4) is 0 Å². The Balaban J connectivity index is 1.92. The second-order valence-electron chi connectivity index (χ2n) is 4.11. The molecule has 1 aromatic heterocycles. The highest BCUT2D eigenvalue weighted by atomic mass is 32.1. The highest BCUT2D eigenvalue weighted by Gasteiger charge is 2.27. The third kappa shape index (κ3) is 2.72. The van der Waals surface area contributed by atoms with Crippen molar-refractivity contribution in [2.24, 2.45) is 10.7 Å². The fourth-order valence-corrected chi connectivity index (χ4v) is 2.29. The summed E-state index contributed by atoms with van der Waals surface area (Å²) in [4.78, 5) is 7.76. The highest BCUT2D eigenvalue weighted by Crippen LogP contribution is 2.25. The van der Waals surface area contributed by atoms with Gasteiger partial charge in [-0.1, -0.05) is 0 Å². The van der Waals surface area contributed by atoms with E-state index in [0.717, 1.165) is 0 Å². The minimum absolute atomic E-state index is 0.638. The van der Waals surface area contributed by atoms with Crippen molar-refractivity contribution in [2.75, 3.05) is 7.05 Å². The van der Waals surface area contributed by atoms with E-state index in [0.29, 0.717) is 18.5 Å². The molecule has 4 heteroatoms. The molecular formula is C11H17N3S. The fourth-order valence-electron chi connectivity index (χ4n) is 1.49. The van der Waals surface area contributed by atoms with Crippen molar-refractivity contribution in [1.29, 1.82) is 0 Å². The van der Waals surface area contributed by atoms with Crippen LogP contribution in [0.15, 0.2) is 16.4 Å². The first-order chi connectivity index (χ1) is 7.16. The lowest BCUT2D eigenvalue weighted by Gasteiger charge is -2.16. The number of thiophene rings is 1. The van der Waals surface area contributed by atoms with E-state index >= 15 is 0 Å². The van der Waals surface area contributed by atoms with E-state index < -0.39 is 0 Å². The number of nitrogens with two attached hydrogens (primary N) is 1. The lowest BCUT2D eigenvalue weighted by Crippen LogP contribution is -2.35. The molecule has 1 aliphatic rings. The lowest BCUT2D eigenvalue weighted by molar-refractivity contribution is 0.487. The van der Waals surface area contributed by atoms with Crippen LogP contribution in [-0.4, -0.2) is 23.9 Å². The third-order valence-corrected chi connectivity index (χ3v) is 3.68. The van der Waals surface area contributed by atoms with Crippen molar-refractivity contribution < 1.29 is 0 Å². The van der Waals surface area contributed by atoms with Crippen LogP contribution in [0.1, 0.15) is 23.3 Å². The molecule has 15 heavy (non-hydrogen) atoms. The monoisotopic (exact) mass is 223 g/mol. The van der Waals surface area contributed by atoms with Crippen molar-refractivity contribution in [3.8, 4) is 0 Å². The average Bonchev–Trinajstić information content (AvgIpc) is 2.98. The number of aliphatic imine (C=N–C) groups is 1. The molecule has 0 spiro atoms. The van der Waals surface area contributed by atoms with Gasteiger partial charge in [0.1, 0.15) is 0 Å². The molecule has 0 unspecified atom stereocenters. The Morgan fingerprint density at radius 1 is 1.67 bits per heavy atom. The van der Waals surface area contributed by atoms with E-state index in [1.54, 1.807) is 11.3 Å². The Bertz CT molecular complexity index is 366. The van der Waals surface area contributed by atoms with Gasteiger partial charge in [0.05, 0.1) is 6.54 Å². The van der Waals surface area contributed by atoms with Crippen LogP contribution < -0.4 is 5.73 Å². The second-order valence-corrected chi connectivity index (χ2v) is 5.10. The van der Waals surface area contributed by atoms with E-state index in [2.05, 4.69) is 28.3 Å². The first-order valence-corrected chi connectivity index (χ1v) is 6.11. The van der Waals surface area contributed by atoms with Crippen molar-refractivity contribution in [3.05, 3.63) is 21.9 Å². The molecule has 0 bridgehead atoms. The van der Waals surface area contributed by atoms with Gasteiger partial charge in [0, 0.05) is 18.0 Å². The first kappa shape index (κ1) is 10.5. The molecule has 82 valence electrons. The minimum Gasteiger partial charge on any atom is -0.370 e. The Morgan fingerprint density at radius 3 is 2.93 bits per heavy atom. The van der Waals surface area contributed by atoms with Crippen LogP contribution in [0.4, 0.5) is 0 Å². The zero-order chi connectivity index (χ0) is 10.8. The molecule has 1 fully saturated rings. The van der Waals surface area contributed by atoms with Gasteiger partial charge in [-0.25, -0.2) is 4.99 Å². The normalized spacial score (nSPS) is 16.8. The third-order valence-electron chi connectivity index (χ3n) is 2.64. The molecule has 1 saturated carbocycles. The zero-order valence-electron chi connectivity index (χ0n) is 9.23. The summed E-state index contributed by atoms with van der Waals surface area (Å²) in [6.45, 7) is 2.81. The molecule has 1 heterocycles. The Labute approximate surface area is 94.6 Å². The van der Waals surface area contributed by atoms with Crippen LogP contribution in [0.5, 0.6) is 0 Å². The molecule has 0 amide bonds. The summed E-state index contributed by atoms with van der Waals surface area (Å²) in [5.41, 5.74) is 7.20. The van der Waals surface area contributed by atoms with Gasteiger partial charge in [-0.05, 0) is 36.8 Å². The topological polar surface area (TPSA) is 41.6 Å². The summed E-state index contributed by atoms with van der Waals surface area (Å²) in [6, 6.07) is 2.80. The Kier molecular flexibility index (Phi) is 2.95. The van der Waals surface area contributed by atoms with Crippen LogP contribution >= 0.6 is 11.3 Å². The number of hydrogen-bond acceptors (Lipinski definition) is 2. The lowest BCUT2D eigenvalue weighted by atomic mass is 10.3. The maximum Gasteiger partial charge on any atom is 0.191 e. The Hall–Kier alpha value is -1.03. The number of aryl methyl sites for hydroxylation is 1. The maximum absolute atomic E-state index is 5.89. The molecular weight excluding hydrogens is 206 g/mol. The van der Waals surface area contributed by atoms with Crippen molar-refractivity contribution >= 4 is 17.3 Å². The Morgan fingerprint density at radius 2 is 2.40 bits per heavy atom. The summed E-state index contributed by atoms with van der Waals surface area (Å²) in [5.74, 6) is 0.670. The van der Waals surface area contributed by atoms with Gasteiger partial charge in [-0.3, -0.25) is 0 Å². The number of nitrogens with zero attached hydrogens (tertiary/aromatic N) is 2. The molecule has 0 aliphatic heterocycles. The van der Waals surface area contributed by atoms with E-state index in [4.69, 9.17) is 5.73 Å². The average molecular weight is 223 g/mol. The summed E-state index contributed by atoms with van der Waals surface area (Å²) in [5, 5.41) is 2.14. The summed E-state index contributed by atoms with van der Waals surface area (Å²) >= 11 is 1.75. The van der Waals surface area contributed by atoms with Crippen LogP contribution in [-0.2, 0) is 6.54 Å². The highest BCUT2D eigenvalue weighted by molar-refractivity contribution is 7.10. The summed E-state index contributed by atoms with van der Waals surface area (Å²) in [7, 11) is 2.02. The number of hydrogen-bond donors (Lipinski definition) is 1. The molecule has 3 nitrogen and oxygen atoms in total. The standard InChI is InChI=1S/C11H17N3S/c1-8-5-10(15-7-8)6-13-11(12)14(2)9-3-4-9/h5,7,9H,3-4,6H2,1-2H3,(H2,12,13). The predicted molar refractivity (Wildman–Crippen MR) is 65.2 cm³/mol. The molecule has 0 radical (unpaired) electrons. The van der Waals surface area contributed by atoms with Crippen molar-refractivity contribution in [3.63, 3.8) is 0 Å². The van der Waals surface area contributed by atoms with Crippen LogP contribution in [0, 0.1) is 6.92 Å². The fraction of sp³-hybridized carbons (Fsp3) is 0.545. The predicted octanol–water partition coefficient (Wildman–Crippen LogP) is 1.97. The molecule has 2 rings (SSSR count). The number of rotatable bonds is 3. The van der Waals surface area contributed by atoms with Crippen molar-refractivity contribution in [2.45, 2.75) is 32.4 Å². The van der Waals surface area contributed by atoms with E-state index in [1.165, 1.54) is 23.3 Å². The summed E-state index contributed by atoms with van der Waals surface area (Å²) < 4.78 is 0. The van der Waals surface area contributed by atoms with Crippen molar-refractivity contribution in [1.82, 2.24) is 4.90 Å². The SMILES string of the molecule is Cc1csc(CN=C(N)N(C)C2CC2)c1. The van der Waals surface area contributed by atoms with Gasteiger partial charge in [0.15, 0.2) is 5.96 Å². The zero-order valence-corrected chi connectivity index (χ0v) is 10.0. The largest absolute Gasteiger partial charge is 0.370 e. The van der Waals surface area contributed by atoms with Gasteiger partial charge in [-0.15, -0.1) is 11.3 Å². The van der Waals surface area contributed by atoms with Gasteiger partial charge in [0.2, 0.25) is 0 Å². The second kappa shape index (κ2) is 4.23. The molecule has 0 saturated heterocycles. The molecule has 1 aromatic rings. The van der Waals surface area contributed by atoms with Crippen LogP contribution in [0.25, 0.3) is 0 Å². The minimum atomic E-state index is 0.638. The smallest absolute Gasteiger partial charge is 0.191 e. The van der Waals surface area contributed by atoms with E-state index in [9.17, 15) is 0 Å². The summed E-state index contributed by atoms with van der Waals surface area (Å²) in [6.07, 6.45) is 2.51. The van der Waals surface area contributed by atoms with Gasteiger partial charge in [0.25, 0.3) is 0 Å². The van der Waals surface area contributed by atoms with Gasteiger partial charge >= 0.3 is 0 Å². The number of guanidine groups is 1. The van der Waals surface area contributed by atoms with Gasteiger partial charge in [-0.2, -0.15) is 0 Å².